The SMILES string of the molecule is Nc1nccc(-c2c(F)cccc2F)c1N. The monoisotopic (exact) mass is 221 g/mol. The molecule has 2 rings (SSSR count). The minimum Gasteiger partial charge on any atom is -0.395 e. The van der Waals surface area contributed by atoms with Crippen molar-refractivity contribution in [3.8, 4) is 11.1 Å². The van der Waals surface area contributed by atoms with Crippen molar-refractivity contribution in [1.82, 2.24) is 4.98 Å². The van der Waals surface area contributed by atoms with Crippen molar-refractivity contribution in [2.75, 3.05) is 11.5 Å². The first-order valence-corrected chi connectivity index (χ1v) is 4.55. The Morgan fingerprint density at radius 1 is 1.00 bits per heavy atom. The fourth-order valence-corrected chi connectivity index (χ4v) is 1.46. The minimum absolute atomic E-state index is 0.0557. The summed E-state index contributed by atoms with van der Waals surface area (Å²) in [4.78, 5) is 3.73. The number of nitrogens with two attached hydrogens (primary N) is 2. The molecule has 0 fully saturated rings. The van der Waals surface area contributed by atoms with Crippen molar-refractivity contribution >= 4 is 11.5 Å². The third-order valence-electron chi connectivity index (χ3n) is 2.25. The van der Waals surface area contributed by atoms with E-state index in [1.165, 1.54) is 18.3 Å². The summed E-state index contributed by atoms with van der Waals surface area (Å²) in [5.74, 6) is -1.31. The van der Waals surface area contributed by atoms with Crippen LogP contribution in [0.1, 0.15) is 0 Å². The maximum atomic E-state index is 13.5. The van der Waals surface area contributed by atoms with Crippen LogP contribution in [0.2, 0.25) is 0 Å². The zero-order chi connectivity index (χ0) is 11.7. The van der Waals surface area contributed by atoms with Crippen LogP contribution in [-0.2, 0) is 0 Å². The summed E-state index contributed by atoms with van der Waals surface area (Å²) >= 11 is 0. The minimum atomic E-state index is -0.683. The zero-order valence-corrected chi connectivity index (χ0v) is 8.24. The number of halogens is 2. The fraction of sp³-hybridized carbons (Fsp3) is 0. The van der Waals surface area contributed by atoms with Crippen LogP contribution in [0.4, 0.5) is 20.3 Å². The Morgan fingerprint density at radius 3 is 2.25 bits per heavy atom. The highest BCUT2D eigenvalue weighted by Crippen LogP contribution is 2.32. The molecule has 0 radical (unpaired) electrons. The van der Waals surface area contributed by atoms with Crippen LogP contribution in [0.5, 0.6) is 0 Å². The molecule has 4 N–H and O–H groups in total. The predicted octanol–water partition coefficient (Wildman–Crippen LogP) is 2.19. The number of nitrogens with zero attached hydrogens (tertiary/aromatic N) is 1. The quantitative estimate of drug-likeness (QED) is 0.775. The van der Waals surface area contributed by atoms with E-state index in [4.69, 9.17) is 11.5 Å². The molecular weight excluding hydrogens is 212 g/mol. The molecular formula is C11H9F2N3. The van der Waals surface area contributed by atoms with Crippen LogP contribution >= 0.6 is 0 Å². The van der Waals surface area contributed by atoms with Crippen LogP contribution < -0.4 is 11.5 Å². The van der Waals surface area contributed by atoms with E-state index >= 15 is 0 Å². The first-order valence-electron chi connectivity index (χ1n) is 4.55. The number of rotatable bonds is 1. The van der Waals surface area contributed by atoms with Gasteiger partial charge in [-0.15, -0.1) is 0 Å². The molecule has 0 saturated carbocycles. The molecule has 3 nitrogen and oxygen atoms in total. The topological polar surface area (TPSA) is 64.9 Å². The van der Waals surface area contributed by atoms with E-state index in [0.29, 0.717) is 0 Å². The van der Waals surface area contributed by atoms with Crippen molar-refractivity contribution in [2.45, 2.75) is 0 Å². The van der Waals surface area contributed by atoms with Crippen LogP contribution in [-0.4, -0.2) is 4.98 Å². The average molecular weight is 221 g/mol. The van der Waals surface area contributed by atoms with Gasteiger partial charge in [0.05, 0.1) is 11.3 Å². The average Bonchev–Trinajstić information content (AvgIpc) is 2.24. The molecule has 0 unspecified atom stereocenters. The summed E-state index contributed by atoms with van der Waals surface area (Å²) in [6, 6.07) is 5.03. The van der Waals surface area contributed by atoms with Gasteiger partial charge in [-0.2, -0.15) is 0 Å². The Balaban J connectivity index is 2.73. The second-order valence-electron chi connectivity index (χ2n) is 3.25. The third-order valence-corrected chi connectivity index (χ3v) is 2.25. The molecule has 16 heavy (non-hydrogen) atoms. The number of anilines is 2. The summed E-state index contributed by atoms with van der Waals surface area (Å²) in [6.45, 7) is 0. The van der Waals surface area contributed by atoms with Crippen LogP contribution in [0, 0.1) is 11.6 Å². The van der Waals surface area contributed by atoms with Crippen molar-refractivity contribution in [3.63, 3.8) is 0 Å². The van der Waals surface area contributed by atoms with Gasteiger partial charge in [-0.1, -0.05) is 6.07 Å². The Labute approximate surface area is 90.7 Å². The maximum Gasteiger partial charge on any atom is 0.147 e. The van der Waals surface area contributed by atoms with Crippen molar-refractivity contribution < 1.29 is 8.78 Å². The lowest BCUT2D eigenvalue weighted by atomic mass is 10.0. The zero-order valence-electron chi connectivity index (χ0n) is 8.24. The number of hydrogen-bond acceptors (Lipinski definition) is 3. The first-order chi connectivity index (χ1) is 7.61. The molecule has 0 bridgehead atoms. The van der Waals surface area contributed by atoms with Crippen molar-refractivity contribution in [1.29, 1.82) is 0 Å². The van der Waals surface area contributed by atoms with E-state index in [1.54, 1.807) is 0 Å². The van der Waals surface area contributed by atoms with Gasteiger partial charge in [0.15, 0.2) is 0 Å². The van der Waals surface area contributed by atoms with Gasteiger partial charge in [0, 0.05) is 11.8 Å². The molecule has 0 spiro atoms. The molecule has 1 heterocycles. The van der Waals surface area contributed by atoms with E-state index in [-0.39, 0.29) is 22.6 Å². The Morgan fingerprint density at radius 2 is 1.62 bits per heavy atom. The van der Waals surface area contributed by atoms with Gasteiger partial charge in [0.1, 0.15) is 17.5 Å². The highest BCUT2D eigenvalue weighted by Gasteiger charge is 2.14. The van der Waals surface area contributed by atoms with Gasteiger partial charge in [0.25, 0.3) is 0 Å². The van der Waals surface area contributed by atoms with Gasteiger partial charge in [0.2, 0.25) is 0 Å². The molecule has 0 saturated heterocycles. The molecule has 0 aliphatic heterocycles. The van der Waals surface area contributed by atoms with Gasteiger partial charge in [-0.05, 0) is 18.2 Å². The molecule has 0 atom stereocenters. The summed E-state index contributed by atoms with van der Waals surface area (Å²) in [5, 5.41) is 0. The summed E-state index contributed by atoms with van der Waals surface area (Å²) in [5.41, 5.74) is 11.2. The second kappa shape index (κ2) is 3.77. The molecule has 82 valence electrons. The normalized spacial score (nSPS) is 10.4. The number of hydrogen-bond donors (Lipinski definition) is 2. The molecule has 0 amide bonds. The van der Waals surface area contributed by atoms with E-state index in [1.807, 2.05) is 0 Å². The molecule has 1 aromatic heterocycles. The molecule has 1 aromatic carbocycles. The molecule has 2 aromatic rings. The summed E-state index contributed by atoms with van der Waals surface area (Å²) < 4.78 is 27.0. The van der Waals surface area contributed by atoms with Gasteiger partial charge in [-0.25, -0.2) is 13.8 Å². The molecule has 0 aliphatic rings. The van der Waals surface area contributed by atoms with Gasteiger partial charge in [-0.3, -0.25) is 0 Å². The number of pyridine rings is 1. The highest BCUT2D eigenvalue weighted by atomic mass is 19.1. The van der Waals surface area contributed by atoms with Gasteiger partial charge >= 0.3 is 0 Å². The van der Waals surface area contributed by atoms with Crippen LogP contribution in [0.3, 0.4) is 0 Å². The number of benzene rings is 1. The lowest BCUT2D eigenvalue weighted by molar-refractivity contribution is 0.590. The predicted molar refractivity (Wildman–Crippen MR) is 58.4 cm³/mol. The Kier molecular flexibility index (Phi) is 2.44. The standard InChI is InChI=1S/C11H9F2N3/c12-7-2-1-3-8(13)9(7)6-4-5-16-11(15)10(6)14/h1-5H,14H2,(H2,15,16). The second-order valence-corrected chi connectivity index (χ2v) is 3.25. The van der Waals surface area contributed by atoms with E-state index < -0.39 is 11.6 Å². The molecule has 5 heteroatoms. The Bertz CT molecular complexity index is 520. The fourth-order valence-electron chi connectivity index (χ4n) is 1.46. The van der Waals surface area contributed by atoms with E-state index in [9.17, 15) is 8.78 Å². The molecule has 0 aliphatic carbocycles. The Hall–Kier alpha value is -2.17. The summed E-state index contributed by atoms with van der Waals surface area (Å²) in [7, 11) is 0. The number of aromatic nitrogens is 1. The van der Waals surface area contributed by atoms with Gasteiger partial charge < -0.3 is 11.5 Å². The van der Waals surface area contributed by atoms with Crippen LogP contribution in [0.25, 0.3) is 11.1 Å². The van der Waals surface area contributed by atoms with E-state index in [2.05, 4.69) is 4.98 Å². The largest absolute Gasteiger partial charge is 0.395 e. The van der Waals surface area contributed by atoms with Crippen molar-refractivity contribution in [2.24, 2.45) is 0 Å². The maximum absolute atomic E-state index is 13.5. The smallest absolute Gasteiger partial charge is 0.147 e. The lowest BCUT2D eigenvalue weighted by Gasteiger charge is -2.09. The first kappa shape index (κ1) is 10.4. The summed E-state index contributed by atoms with van der Waals surface area (Å²) in [6.07, 6.45) is 1.35. The lowest BCUT2D eigenvalue weighted by Crippen LogP contribution is -2.01. The highest BCUT2D eigenvalue weighted by molar-refractivity contribution is 5.82. The van der Waals surface area contributed by atoms with Crippen LogP contribution in [0.15, 0.2) is 30.5 Å². The number of nitrogen functional groups attached to an aromatic ring is 2. The van der Waals surface area contributed by atoms with Crippen molar-refractivity contribution in [3.05, 3.63) is 42.1 Å². The third kappa shape index (κ3) is 1.56. The van der Waals surface area contributed by atoms with E-state index in [0.717, 1.165) is 12.1 Å².